The van der Waals surface area contributed by atoms with Gasteiger partial charge < -0.3 is 15.0 Å². The number of carbonyl (C=O) groups is 1. The number of benzene rings is 3. The van der Waals surface area contributed by atoms with Gasteiger partial charge in [-0.1, -0.05) is 24.3 Å². The van der Waals surface area contributed by atoms with E-state index in [-0.39, 0.29) is 18.2 Å². The van der Waals surface area contributed by atoms with Gasteiger partial charge in [-0.2, -0.15) is 12.6 Å². The molecule has 170 valence electrons. The highest BCUT2D eigenvalue weighted by Crippen LogP contribution is 2.33. The molecule has 8 heteroatoms. The van der Waals surface area contributed by atoms with Crippen molar-refractivity contribution in [3.63, 3.8) is 0 Å². The molecule has 1 heterocycles. The van der Waals surface area contributed by atoms with Crippen molar-refractivity contribution >= 4 is 35.6 Å². The van der Waals surface area contributed by atoms with Gasteiger partial charge in [-0.15, -0.1) is 0 Å². The molecule has 0 aliphatic carbocycles. The molecule has 3 aromatic rings. The van der Waals surface area contributed by atoms with Crippen molar-refractivity contribution in [3.05, 3.63) is 92.5 Å². The summed E-state index contributed by atoms with van der Waals surface area (Å²) in [5, 5.41) is 14.3. The number of amides is 1. The lowest BCUT2D eigenvalue weighted by molar-refractivity contribution is -0.385. The summed E-state index contributed by atoms with van der Waals surface area (Å²) < 4.78 is 6.00. The highest BCUT2D eigenvalue weighted by atomic mass is 32.1. The number of nitrogens with zero attached hydrogens (tertiary/aromatic N) is 2. The van der Waals surface area contributed by atoms with Crippen molar-refractivity contribution in [3.8, 4) is 5.75 Å². The van der Waals surface area contributed by atoms with Crippen LogP contribution in [0.3, 0.4) is 0 Å². The number of nitrogens with one attached hydrogen (secondary N) is 1. The summed E-state index contributed by atoms with van der Waals surface area (Å²) in [5.41, 5.74) is 5.63. The molecule has 7 nitrogen and oxygen atoms in total. The van der Waals surface area contributed by atoms with Crippen LogP contribution in [0.25, 0.3) is 0 Å². The van der Waals surface area contributed by atoms with Gasteiger partial charge in [0.2, 0.25) is 0 Å². The highest BCUT2D eigenvalue weighted by Gasteiger charge is 2.27. The van der Waals surface area contributed by atoms with E-state index in [0.29, 0.717) is 34.9 Å². The Kier molecular flexibility index (Phi) is 6.55. The molecule has 0 aromatic heterocycles. The fourth-order valence-corrected chi connectivity index (χ4v) is 4.29. The fraction of sp³-hybridized carbons (Fsp3) is 0.240. The second kappa shape index (κ2) is 9.54. The van der Waals surface area contributed by atoms with Gasteiger partial charge in [0.05, 0.1) is 16.2 Å². The molecular weight excluding hydrogens is 438 g/mol. The molecule has 0 saturated carbocycles. The zero-order chi connectivity index (χ0) is 23.5. The van der Waals surface area contributed by atoms with Crippen LogP contribution in [0.15, 0.2) is 54.6 Å². The van der Waals surface area contributed by atoms with Crippen LogP contribution in [0.4, 0.5) is 17.1 Å². The lowest BCUT2D eigenvalue weighted by atomic mass is 10.1. The number of fused-ring (bicyclic) bond motifs is 1. The monoisotopic (exact) mass is 463 g/mol. The minimum atomic E-state index is -0.419. The van der Waals surface area contributed by atoms with Crippen molar-refractivity contribution in [1.82, 2.24) is 0 Å². The predicted octanol–water partition coefficient (Wildman–Crippen LogP) is 5.16. The van der Waals surface area contributed by atoms with Gasteiger partial charge in [-0.25, -0.2) is 0 Å². The van der Waals surface area contributed by atoms with Crippen LogP contribution in [0.2, 0.25) is 0 Å². The number of thiol groups is 1. The number of aryl methyl sites for hydroxylation is 1. The van der Waals surface area contributed by atoms with Crippen LogP contribution in [-0.2, 0) is 18.8 Å². The van der Waals surface area contributed by atoms with E-state index in [0.717, 1.165) is 23.2 Å². The quantitative estimate of drug-likeness (QED) is 0.287. The molecule has 0 saturated heterocycles. The number of anilines is 2. The molecule has 0 fully saturated rings. The molecular formula is C25H25N3O4S. The van der Waals surface area contributed by atoms with E-state index in [1.807, 2.05) is 42.2 Å². The van der Waals surface area contributed by atoms with Crippen LogP contribution in [0, 0.1) is 17.0 Å². The van der Waals surface area contributed by atoms with E-state index >= 15 is 0 Å². The standard InChI is InChI=1S/C25H25N3O4S/c1-16-9-21(25(29)27-8-7-19-5-3-4-6-23(19)27)22(26-2)13-24(16)32-14-17-10-18(15-33)12-20(11-17)28(30)31/h3-6,9-13,26,33H,7-8,14-15H2,1-2H3. The van der Waals surface area contributed by atoms with Gasteiger partial charge in [-0.3, -0.25) is 14.9 Å². The van der Waals surface area contributed by atoms with Gasteiger partial charge in [0.25, 0.3) is 11.6 Å². The van der Waals surface area contributed by atoms with Crippen LogP contribution in [0.5, 0.6) is 5.75 Å². The maximum atomic E-state index is 13.4. The third-order valence-corrected chi connectivity index (χ3v) is 6.14. The molecule has 1 aliphatic heterocycles. The molecule has 0 unspecified atom stereocenters. The molecule has 1 amide bonds. The second-order valence-electron chi connectivity index (χ2n) is 7.96. The Bertz CT molecular complexity index is 1230. The minimum Gasteiger partial charge on any atom is -0.489 e. The molecule has 0 bridgehead atoms. The first-order valence-electron chi connectivity index (χ1n) is 10.6. The molecule has 1 N–H and O–H groups in total. The summed E-state index contributed by atoms with van der Waals surface area (Å²) in [7, 11) is 1.77. The lowest BCUT2D eigenvalue weighted by Crippen LogP contribution is -2.29. The van der Waals surface area contributed by atoms with Crippen LogP contribution in [0.1, 0.15) is 32.6 Å². The zero-order valence-corrected chi connectivity index (χ0v) is 19.4. The molecule has 3 aromatic carbocycles. The van der Waals surface area contributed by atoms with Crippen molar-refractivity contribution in [2.24, 2.45) is 0 Å². The van der Waals surface area contributed by atoms with Crippen LogP contribution in [-0.4, -0.2) is 24.4 Å². The van der Waals surface area contributed by atoms with E-state index in [4.69, 9.17) is 4.74 Å². The SMILES string of the molecule is CNc1cc(OCc2cc(CS)cc([N+](=O)[O-])c2)c(C)cc1C(=O)N1CCc2ccccc21. The summed E-state index contributed by atoms with van der Waals surface area (Å²) in [6.07, 6.45) is 0.842. The molecule has 4 rings (SSSR count). The van der Waals surface area contributed by atoms with E-state index in [1.54, 1.807) is 13.1 Å². The van der Waals surface area contributed by atoms with E-state index in [2.05, 4.69) is 24.0 Å². The van der Waals surface area contributed by atoms with E-state index in [9.17, 15) is 14.9 Å². The Hall–Kier alpha value is -3.52. The maximum Gasteiger partial charge on any atom is 0.270 e. The molecule has 1 aliphatic rings. The Labute approximate surface area is 197 Å². The second-order valence-corrected chi connectivity index (χ2v) is 8.28. The van der Waals surface area contributed by atoms with Crippen molar-refractivity contribution in [2.45, 2.75) is 25.7 Å². The number of hydrogen-bond acceptors (Lipinski definition) is 6. The topological polar surface area (TPSA) is 84.7 Å². The van der Waals surface area contributed by atoms with Gasteiger partial charge in [0, 0.05) is 43.2 Å². The Morgan fingerprint density at radius 2 is 1.94 bits per heavy atom. The number of para-hydroxylation sites is 1. The van der Waals surface area contributed by atoms with Crippen molar-refractivity contribution in [1.29, 1.82) is 0 Å². The van der Waals surface area contributed by atoms with Gasteiger partial charge in [0.1, 0.15) is 12.4 Å². The normalized spacial score (nSPS) is 12.4. The largest absolute Gasteiger partial charge is 0.489 e. The van der Waals surface area contributed by atoms with Crippen LogP contribution < -0.4 is 15.0 Å². The van der Waals surface area contributed by atoms with Gasteiger partial charge >= 0.3 is 0 Å². The Balaban J connectivity index is 1.58. The summed E-state index contributed by atoms with van der Waals surface area (Å²) >= 11 is 4.23. The lowest BCUT2D eigenvalue weighted by Gasteiger charge is -2.21. The predicted molar refractivity (Wildman–Crippen MR) is 133 cm³/mol. The summed E-state index contributed by atoms with van der Waals surface area (Å²) in [6, 6.07) is 16.5. The smallest absolute Gasteiger partial charge is 0.270 e. The first-order chi connectivity index (χ1) is 15.9. The molecule has 33 heavy (non-hydrogen) atoms. The molecule has 0 spiro atoms. The number of non-ortho nitro benzene ring substituents is 1. The van der Waals surface area contributed by atoms with E-state index < -0.39 is 4.92 Å². The number of rotatable bonds is 7. The Morgan fingerprint density at radius 1 is 1.18 bits per heavy atom. The van der Waals surface area contributed by atoms with Crippen molar-refractivity contribution in [2.75, 3.05) is 23.8 Å². The van der Waals surface area contributed by atoms with Gasteiger partial charge in [-0.05, 0) is 47.7 Å². The van der Waals surface area contributed by atoms with Gasteiger partial charge in [0.15, 0.2) is 0 Å². The van der Waals surface area contributed by atoms with E-state index in [1.165, 1.54) is 17.7 Å². The van der Waals surface area contributed by atoms with Crippen molar-refractivity contribution < 1.29 is 14.5 Å². The maximum absolute atomic E-state index is 13.4. The first kappa shape index (κ1) is 22.7. The first-order valence-corrected chi connectivity index (χ1v) is 11.3. The third-order valence-electron chi connectivity index (χ3n) is 5.77. The number of nitro benzene ring substituents is 1. The summed E-state index contributed by atoms with van der Waals surface area (Å²) in [5.74, 6) is 0.946. The molecule has 0 radical (unpaired) electrons. The molecule has 0 atom stereocenters. The number of hydrogen-bond donors (Lipinski definition) is 2. The highest BCUT2D eigenvalue weighted by molar-refractivity contribution is 7.79. The zero-order valence-electron chi connectivity index (χ0n) is 18.5. The summed E-state index contributed by atoms with van der Waals surface area (Å²) in [6.45, 7) is 2.70. The average molecular weight is 464 g/mol. The Morgan fingerprint density at radius 3 is 2.67 bits per heavy atom. The number of carbonyl (C=O) groups excluding carboxylic acids is 1. The number of ether oxygens (including phenoxy) is 1. The third kappa shape index (κ3) is 4.66. The average Bonchev–Trinajstić information content (AvgIpc) is 3.26. The summed E-state index contributed by atoms with van der Waals surface area (Å²) in [4.78, 5) is 26.0. The van der Waals surface area contributed by atoms with Crippen LogP contribution >= 0.6 is 12.6 Å². The minimum absolute atomic E-state index is 0.0135. The fourth-order valence-electron chi connectivity index (χ4n) is 4.11. The number of nitro groups is 1.